The van der Waals surface area contributed by atoms with Gasteiger partial charge in [-0.1, -0.05) is 0 Å². The second-order valence-electron chi connectivity index (χ2n) is 4.17. The summed E-state index contributed by atoms with van der Waals surface area (Å²) >= 11 is 0. The van der Waals surface area contributed by atoms with Crippen molar-refractivity contribution in [2.24, 2.45) is 5.73 Å². The number of aliphatic carboxylic acids is 1. The topological polar surface area (TPSA) is 89.6 Å². The van der Waals surface area contributed by atoms with Crippen LogP contribution in [-0.2, 0) is 20.7 Å². The molecule has 1 aromatic carbocycles. The third-order valence-electron chi connectivity index (χ3n) is 2.62. The lowest BCUT2D eigenvalue weighted by Gasteiger charge is -2.10. The number of benzene rings is 1. The molecule has 5 nitrogen and oxygen atoms in total. The van der Waals surface area contributed by atoms with Crippen LogP contribution in [0.4, 0.5) is 22.0 Å². The van der Waals surface area contributed by atoms with Gasteiger partial charge in [-0.15, -0.1) is 0 Å². The van der Waals surface area contributed by atoms with Crippen LogP contribution >= 0.6 is 0 Å². The van der Waals surface area contributed by atoms with E-state index in [2.05, 4.69) is 4.74 Å². The molecule has 1 rings (SSSR count). The summed E-state index contributed by atoms with van der Waals surface area (Å²) in [6, 6.07) is -1.53. The molecule has 0 aromatic heterocycles. The fraction of sp³-hybridized carbons (Fsp3) is 0.333. The van der Waals surface area contributed by atoms with Gasteiger partial charge >= 0.3 is 11.9 Å². The number of esters is 1. The van der Waals surface area contributed by atoms with E-state index in [0.29, 0.717) is 0 Å². The molecule has 3 N–H and O–H groups in total. The third kappa shape index (κ3) is 3.91. The molecule has 0 saturated heterocycles. The van der Waals surface area contributed by atoms with Crippen molar-refractivity contribution >= 4 is 11.9 Å². The highest BCUT2D eigenvalue weighted by Crippen LogP contribution is 2.23. The molecule has 0 aliphatic rings. The van der Waals surface area contributed by atoms with E-state index < -0.39 is 72.1 Å². The molecular formula is C12H10F5NO4. The summed E-state index contributed by atoms with van der Waals surface area (Å²) in [7, 11) is 0. The second-order valence-corrected chi connectivity index (χ2v) is 4.17. The second kappa shape index (κ2) is 7.16. The molecule has 0 spiro atoms. The highest BCUT2D eigenvalue weighted by molar-refractivity contribution is 5.81. The predicted octanol–water partition coefficient (Wildman–Crippen LogP) is 1.27. The number of carbonyl (C=O) groups excluding carboxylic acids is 1. The van der Waals surface area contributed by atoms with E-state index in [1.165, 1.54) is 0 Å². The van der Waals surface area contributed by atoms with Gasteiger partial charge < -0.3 is 15.6 Å². The van der Waals surface area contributed by atoms with Gasteiger partial charge in [0.05, 0.1) is 13.0 Å². The molecule has 0 fully saturated rings. The number of carboxylic acid groups (broad SMARTS) is 1. The van der Waals surface area contributed by atoms with Crippen molar-refractivity contribution in [2.75, 3.05) is 6.61 Å². The summed E-state index contributed by atoms with van der Waals surface area (Å²) < 4.78 is 69.6. The lowest BCUT2D eigenvalue weighted by atomic mass is 10.1. The first-order valence-corrected chi connectivity index (χ1v) is 5.81. The molecule has 1 aromatic rings. The van der Waals surface area contributed by atoms with Gasteiger partial charge in [0.15, 0.2) is 23.3 Å². The third-order valence-corrected chi connectivity index (χ3v) is 2.62. The van der Waals surface area contributed by atoms with Gasteiger partial charge in [0, 0.05) is 12.0 Å². The number of carbonyl (C=O) groups is 2. The summed E-state index contributed by atoms with van der Waals surface area (Å²) in [5.74, 6) is -13.1. The van der Waals surface area contributed by atoms with Crippen LogP contribution in [0.3, 0.4) is 0 Å². The average Bonchev–Trinajstić information content (AvgIpc) is 2.46. The normalized spacial score (nSPS) is 12.1. The van der Waals surface area contributed by atoms with Crippen LogP contribution in [0, 0.1) is 29.1 Å². The Labute approximate surface area is 120 Å². The van der Waals surface area contributed by atoms with Crippen LogP contribution in [0.2, 0.25) is 0 Å². The monoisotopic (exact) mass is 327 g/mol. The van der Waals surface area contributed by atoms with Gasteiger partial charge in [-0.2, -0.15) is 0 Å². The van der Waals surface area contributed by atoms with Gasteiger partial charge in [0.25, 0.3) is 0 Å². The molecule has 1 atom stereocenters. The zero-order valence-electron chi connectivity index (χ0n) is 10.8. The first-order chi connectivity index (χ1) is 10.2. The van der Waals surface area contributed by atoms with E-state index in [0.717, 1.165) is 0 Å². The van der Waals surface area contributed by atoms with Gasteiger partial charge in [-0.25, -0.2) is 22.0 Å². The molecule has 0 heterocycles. The van der Waals surface area contributed by atoms with Crippen molar-refractivity contribution in [2.45, 2.75) is 18.9 Å². The Hall–Kier alpha value is -2.23. The van der Waals surface area contributed by atoms with Gasteiger partial charge in [0.2, 0.25) is 5.82 Å². The summed E-state index contributed by atoms with van der Waals surface area (Å²) in [6.45, 7) is -0.705. The number of nitrogens with two attached hydrogens (primary N) is 1. The highest BCUT2D eigenvalue weighted by Gasteiger charge is 2.25. The van der Waals surface area contributed by atoms with Crippen LogP contribution in [0.15, 0.2) is 0 Å². The number of carboxylic acids is 1. The largest absolute Gasteiger partial charge is 0.480 e. The van der Waals surface area contributed by atoms with Crippen LogP contribution in [-0.4, -0.2) is 29.7 Å². The minimum Gasteiger partial charge on any atom is -0.480 e. The van der Waals surface area contributed by atoms with Gasteiger partial charge in [-0.05, 0) is 0 Å². The molecule has 122 valence electrons. The van der Waals surface area contributed by atoms with Crippen LogP contribution in [0.1, 0.15) is 12.0 Å². The Balaban J connectivity index is 2.70. The molecule has 0 aliphatic carbocycles. The van der Waals surface area contributed by atoms with Crippen molar-refractivity contribution in [3.8, 4) is 0 Å². The fourth-order valence-electron chi connectivity index (χ4n) is 1.46. The number of hydrogen-bond donors (Lipinski definition) is 2. The van der Waals surface area contributed by atoms with Gasteiger partial charge in [-0.3, -0.25) is 9.59 Å². The minimum absolute atomic E-state index is 0.702. The number of rotatable bonds is 6. The van der Waals surface area contributed by atoms with Gasteiger partial charge in [0.1, 0.15) is 6.04 Å². The maximum atomic E-state index is 13.3. The van der Waals surface area contributed by atoms with Crippen molar-refractivity contribution < 1.29 is 41.4 Å². The molecule has 0 saturated carbocycles. The number of hydrogen-bond acceptors (Lipinski definition) is 4. The van der Waals surface area contributed by atoms with E-state index in [9.17, 15) is 31.5 Å². The highest BCUT2D eigenvalue weighted by atomic mass is 19.2. The zero-order chi connectivity index (χ0) is 17.0. The Morgan fingerprint density at radius 2 is 1.45 bits per heavy atom. The molecule has 0 aliphatic heterocycles. The average molecular weight is 327 g/mol. The Morgan fingerprint density at radius 3 is 1.91 bits per heavy atom. The van der Waals surface area contributed by atoms with Crippen LogP contribution < -0.4 is 5.73 Å². The van der Waals surface area contributed by atoms with Crippen LogP contribution in [0.5, 0.6) is 0 Å². The van der Waals surface area contributed by atoms with E-state index in [1.807, 2.05) is 0 Å². The number of halogens is 5. The Morgan fingerprint density at radius 1 is 1.00 bits per heavy atom. The van der Waals surface area contributed by atoms with E-state index in [1.54, 1.807) is 0 Å². The molecule has 0 radical (unpaired) electrons. The molecular weight excluding hydrogens is 317 g/mol. The standard InChI is InChI=1S/C12H10F5NO4/c13-7-4(8(14)10(16)11(17)9(7)15)1-2-22-6(19)3-5(18)12(20)21/h5H,1-3,18H2,(H,20,21)/t5-/m0/s1. The minimum atomic E-state index is -2.29. The zero-order valence-corrected chi connectivity index (χ0v) is 10.8. The van der Waals surface area contributed by atoms with E-state index >= 15 is 0 Å². The maximum Gasteiger partial charge on any atom is 0.321 e. The van der Waals surface area contributed by atoms with Crippen molar-refractivity contribution in [3.05, 3.63) is 34.6 Å². The lowest BCUT2D eigenvalue weighted by molar-refractivity contribution is -0.148. The molecule has 0 amide bonds. The lowest BCUT2D eigenvalue weighted by Crippen LogP contribution is -2.33. The summed E-state index contributed by atoms with van der Waals surface area (Å²) in [5, 5.41) is 8.44. The first kappa shape index (κ1) is 17.8. The van der Waals surface area contributed by atoms with Crippen molar-refractivity contribution in [1.29, 1.82) is 0 Å². The van der Waals surface area contributed by atoms with Crippen molar-refractivity contribution in [1.82, 2.24) is 0 Å². The molecule has 22 heavy (non-hydrogen) atoms. The Bertz CT molecular complexity index is 579. The Kier molecular flexibility index (Phi) is 5.80. The summed E-state index contributed by atoms with van der Waals surface area (Å²) in [4.78, 5) is 21.5. The fourth-order valence-corrected chi connectivity index (χ4v) is 1.46. The van der Waals surface area contributed by atoms with Crippen molar-refractivity contribution in [3.63, 3.8) is 0 Å². The van der Waals surface area contributed by atoms with E-state index in [-0.39, 0.29) is 0 Å². The van der Waals surface area contributed by atoms with E-state index in [4.69, 9.17) is 10.8 Å². The maximum absolute atomic E-state index is 13.3. The molecule has 10 heteroatoms. The number of ether oxygens (including phenoxy) is 1. The quantitative estimate of drug-likeness (QED) is 0.355. The summed E-state index contributed by atoms with van der Waals surface area (Å²) in [5.41, 5.74) is 3.91. The predicted molar refractivity (Wildman–Crippen MR) is 61.1 cm³/mol. The molecule has 0 bridgehead atoms. The SMILES string of the molecule is N[C@@H](CC(=O)OCCc1c(F)c(F)c(F)c(F)c1F)C(=O)O. The molecule has 0 unspecified atom stereocenters. The first-order valence-electron chi connectivity index (χ1n) is 5.81. The van der Waals surface area contributed by atoms with Crippen LogP contribution in [0.25, 0.3) is 0 Å². The summed E-state index contributed by atoms with van der Waals surface area (Å²) in [6.07, 6.45) is -1.48. The smallest absolute Gasteiger partial charge is 0.321 e.